The molecule has 28 heavy (non-hydrogen) atoms. The van der Waals surface area contributed by atoms with Crippen molar-refractivity contribution in [3.63, 3.8) is 0 Å². The van der Waals surface area contributed by atoms with E-state index < -0.39 is 15.8 Å². The van der Waals surface area contributed by atoms with Gasteiger partial charge in [-0.2, -0.15) is 5.10 Å². The number of rotatable bonds is 4. The predicted octanol–water partition coefficient (Wildman–Crippen LogP) is 2.41. The summed E-state index contributed by atoms with van der Waals surface area (Å²) in [5.41, 5.74) is 3.02. The predicted molar refractivity (Wildman–Crippen MR) is 104 cm³/mol. The summed E-state index contributed by atoms with van der Waals surface area (Å²) >= 11 is 0. The minimum absolute atomic E-state index is 0.0903. The van der Waals surface area contributed by atoms with Gasteiger partial charge in [0.25, 0.3) is 0 Å². The molecule has 2 aromatic heterocycles. The van der Waals surface area contributed by atoms with Gasteiger partial charge in [0.2, 0.25) is 0 Å². The minimum Gasteiger partial charge on any atom is -0.478 e. The van der Waals surface area contributed by atoms with E-state index in [1.807, 2.05) is 18.4 Å². The number of hydrogen-bond donors (Lipinski definition) is 1. The average Bonchev–Trinajstić information content (AvgIpc) is 3.32. The van der Waals surface area contributed by atoms with Crippen LogP contribution in [0.2, 0.25) is 0 Å². The lowest BCUT2D eigenvalue weighted by Gasteiger charge is -2.13. The number of aromatic carboxylic acids is 1. The molecule has 0 spiro atoms. The summed E-state index contributed by atoms with van der Waals surface area (Å²) < 4.78 is 27.3. The van der Waals surface area contributed by atoms with Gasteiger partial charge in [0.05, 0.1) is 40.2 Å². The number of aromatic nitrogens is 4. The molecule has 3 aromatic rings. The highest BCUT2D eigenvalue weighted by atomic mass is 32.2. The summed E-state index contributed by atoms with van der Waals surface area (Å²) in [4.78, 5) is 16.0. The zero-order valence-corrected chi connectivity index (χ0v) is 16.3. The first-order valence-electron chi connectivity index (χ1n) is 8.91. The third kappa shape index (κ3) is 3.01. The number of hydrogen-bond acceptors (Lipinski definition) is 5. The Morgan fingerprint density at radius 1 is 1.25 bits per heavy atom. The van der Waals surface area contributed by atoms with E-state index in [4.69, 9.17) is 0 Å². The van der Waals surface area contributed by atoms with Gasteiger partial charge in [-0.1, -0.05) is 18.2 Å². The lowest BCUT2D eigenvalue weighted by Crippen LogP contribution is -2.14. The van der Waals surface area contributed by atoms with Crippen molar-refractivity contribution in [1.82, 2.24) is 19.3 Å². The lowest BCUT2D eigenvalue weighted by molar-refractivity contribution is 0.0697. The lowest BCUT2D eigenvalue weighted by atomic mass is 10.1. The molecule has 3 heterocycles. The fourth-order valence-corrected chi connectivity index (χ4v) is 5.57. The SMILES string of the molecule is Cc1nn(C2CCS(=O)(=O)C2)c(C)c1-n1ccnc1-c1ccccc1C(=O)O. The zero-order chi connectivity index (χ0) is 20.1. The maximum Gasteiger partial charge on any atom is 0.336 e. The number of sulfone groups is 1. The molecule has 0 saturated carbocycles. The molecule has 1 fully saturated rings. The Morgan fingerprint density at radius 2 is 2.00 bits per heavy atom. The van der Waals surface area contributed by atoms with Crippen molar-refractivity contribution < 1.29 is 18.3 Å². The second-order valence-corrected chi connectivity index (χ2v) is 9.22. The molecule has 1 aliphatic rings. The molecule has 1 saturated heterocycles. The largest absolute Gasteiger partial charge is 0.478 e. The fraction of sp³-hybridized carbons (Fsp3) is 0.316. The summed E-state index contributed by atoms with van der Waals surface area (Å²) in [5.74, 6) is -0.256. The van der Waals surface area contributed by atoms with Crippen molar-refractivity contribution >= 4 is 15.8 Å². The van der Waals surface area contributed by atoms with E-state index in [1.54, 1.807) is 41.3 Å². The van der Waals surface area contributed by atoms with E-state index in [9.17, 15) is 18.3 Å². The van der Waals surface area contributed by atoms with Gasteiger partial charge < -0.3 is 5.11 Å². The van der Waals surface area contributed by atoms with Gasteiger partial charge in [0.1, 0.15) is 5.82 Å². The van der Waals surface area contributed by atoms with Gasteiger partial charge in [-0.15, -0.1) is 0 Å². The van der Waals surface area contributed by atoms with Crippen molar-refractivity contribution in [1.29, 1.82) is 0 Å². The van der Waals surface area contributed by atoms with Gasteiger partial charge in [-0.05, 0) is 26.3 Å². The Morgan fingerprint density at radius 3 is 2.68 bits per heavy atom. The highest BCUT2D eigenvalue weighted by Crippen LogP contribution is 2.31. The molecule has 1 atom stereocenters. The first-order chi connectivity index (χ1) is 13.3. The third-order valence-electron chi connectivity index (χ3n) is 5.12. The molecule has 0 radical (unpaired) electrons. The smallest absolute Gasteiger partial charge is 0.336 e. The van der Waals surface area contributed by atoms with Gasteiger partial charge >= 0.3 is 5.97 Å². The molecule has 8 nitrogen and oxygen atoms in total. The Kier molecular flexibility index (Phi) is 4.34. The number of carbonyl (C=O) groups is 1. The standard InChI is InChI=1S/C19H20N4O4S/c1-12-17(13(2)23(21-12)14-7-10-28(26,27)11-14)22-9-8-20-18(22)15-5-3-4-6-16(15)19(24)25/h3-6,8-9,14H,7,10-11H2,1-2H3,(H,24,25). The van der Waals surface area contributed by atoms with E-state index in [0.717, 1.165) is 17.1 Å². The molecule has 4 rings (SSSR count). The van der Waals surface area contributed by atoms with Crippen LogP contribution in [0.25, 0.3) is 17.1 Å². The van der Waals surface area contributed by atoms with Crippen LogP contribution in [0, 0.1) is 13.8 Å². The summed E-state index contributed by atoms with van der Waals surface area (Å²) in [5, 5.41) is 14.1. The van der Waals surface area contributed by atoms with Gasteiger partial charge in [-0.25, -0.2) is 18.2 Å². The number of imidazole rings is 1. The fourth-order valence-electron chi connectivity index (χ4n) is 3.87. The first-order valence-corrected chi connectivity index (χ1v) is 10.7. The van der Waals surface area contributed by atoms with Gasteiger partial charge in [-0.3, -0.25) is 9.25 Å². The maximum atomic E-state index is 11.9. The monoisotopic (exact) mass is 400 g/mol. The van der Waals surface area contributed by atoms with E-state index in [-0.39, 0.29) is 23.1 Å². The number of nitrogens with zero attached hydrogens (tertiary/aromatic N) is 4. The molecular formula is C19H20N4O4S. The molecule has 9 heteroatoms. The van der Waals surface area contributed by atoms with Crippen molar-refractivity contribution in [3.05, 3.63) is 53.6 Å². The topological polar surface area (TPSA) is 107 Å². The highest BCUT2D eigenvalue weighted by Gasteiger charge is 2.32. The number of carboxylic acids is 1. The third-order valence-corrected chi connectivity index (χ3v) is 6.87. The highest BCUT2D eigenvalue weighted by molar-refractivity contribution is 7.91. The molecule has 0 aliphatic carbocycles. The number of aryl methyl sites for hydroxylation is 1. The maximum absolute atomic E-state index is 11.9. The first kappa shape index (κ1) is 18.4. The Bertz CT molecular complexity index is 1180. The number of carboxylic acid groups (broad SMARTS) is 1. The van der Waals surface area contributed by atoms with E-state index in [2.05, 4.69) is 10.1 Å². The normalized spacial score (nSPS) is 18.4. The van der Waals surface area contributed by atoms with E-state index in [0.29, 0.717) is 17.8 Å². The van der Waals surface area contributed by atoms with Crippen LogP contribution >= 0.6 is 0 Å². The van der Waals surface area contributed by atoms with Crippen LogP contribution in [0.3, 0.4) is 0 Å². The van der Waals surface area contributed by atoms with Crippen LogP contribution in [0.5, 0.6) is 0 Å². The second kappa shape index (κ2) is 6.59. The minimum atomic E-state index is -3.03. The molecule has 1 aliphatic heterocycles. The zero-order valence-electron chi connectivity index (χ0n) is 15.5. The van der Waals surface area contributed by atoms with Crippen LogP contribution in [-0.4, -0.2) is 50.3 Å². The van der Waals surface area contributed by atoms with E-state index >= 15 is 0 Å². The van der Waals surface area contributed by atoms with Crippen molar-refractivity contribution in [2.24, 2.45) is 0 Å². The Hall–Kier alpha value is -2.94. The van der Waals surface area contributed by atoms with Crippen molar-refractivity contribution in [2.45, 2.75) is 26.3 Å². The number of benzene rings is 1. The molecule has 146 valence electrons. The summed E-state index contributed by atoms with van der Waals surface area (Å²) in [7, 11) is -3.03. The van der Waals surface area contributed by atoms with Crippen LogP contribution in [-0.2, 0) is 9.84 Å². The summed E-state index contributed by atoms with van der Waals surface area (Å²) in [6.07, 6.45) is 3.92. The Balaban J connectivity index is 1.83. The second-order valence-electron chi connectivity index (χ2n) is 6.99. The van der Waals surface area contributed by atoms with Crippen LogP contribution < -0.4 is 0 Å². The van der Waals surface area contributed by atoms with Gasteiger partial charge in [0, 0.05) is 18.0 Å². The van der Waals surface area contributed by atoms with Crippen LogP contribution in [0.1, 0.15) is 34.2 Å². The van der Waals surface area contributed by atoms with Crippen molar-refractivity contribution in [3.8, 4) is 17.1 Å². The molecule has 0 amide bonds. The van der Waals surface area contributed by atoms with Gasteiger partial charge in [0.15, 0.2) is 9.84 Å². The summed E-state index contributed by atoms with van der Waals surface area (Å²) in [6, 6.07) is 6.53. The molecule has 1 aromatic carbocycles. The molecule has 1 N–H and O–H groups in total. The Labute approximate surface area is 162 Å². The quantitative estimate of drug-likeness (QED) is 0.721. The van der Waals surface area contributed by atoms with Crippen LogP contribution in [0.4, 0.5) is 0 Å². The van der Waals surface area contributed by atoms with Crippen molar-refractivity contribution in [2.75, 3.05) is 11.5 Å². The molecular weight excluding hydrogens is 380 g/mol. The molecule has 1 unspecified atom stereocenters. The van der Waals surface area contributed by atoms with Crippen LogP contribution in [0.15, 0.2) is 36.7 Å². The summed E-state index contributed by atoms with van der Waals surface area (Å²) in [6.45, 7) is 3.75. The van der Waals surface area contributed by atoms with E-state index in [1.165, 1.54) is 0 Å². The molecule has 0 bridgehead atoms. The average molecular weight is 400 g/mol.